The van der Waals surface area contributed by atoms with Gasteiger partial charge in [0.25, 0.3) is 5.59 Å². The average Bonchev–Trinajstić information content (AvgIpc) is 2.74. The van der Waals surface area contributed by atoms with Crippen LogP contribution in [0.2, 0.25) is 39.3 Å². The predicted octanol–water partition coefficient (Wildman–Crippen LogP) is 4.89. The molecule has 0 aromatic heterocycles. The van der Waals surface area contributed by atoms with Crippen molar-refractivity contribution >= 4 is 27.8 Å². The van der Waals surface area contributed by atoms with Crippen molar-refractivity contribution < 1.29 is 18.8 Å². The second kappa shape index (κ2) is 8.92. The van der Waals surface area contributed by atoms with Crippen LogP contribution in [-0.4, -0.2) is 40.5 Å². The summed E-state index contributed by atoms with van der Waals surface area (Å²) >= 11 is 0. The van der Waals surface area contributed by atoms with E-state index in [0.717, 1.165) is 24.8 Å². The molecule has 0 amide bonds. The van der Waals surface area contributed by atoms with E-state index in [-0.39, 0.29) is 17.5 Å². The first kappa shape index (κ1) is 21.1. The molecule has 1 unspecified atom stereocenters. The fourth-order valence-corrected chi connectivity index (χ4v) is 3.88. The Labute approximate surface area is 148 Å². The van der Waals surface area contributed by atoms with Crippen molar-refractivity contribution in [2.75, 3.05) is 6.61 Å². The highest BCUT2D eigenvalue weighted by molar-refractivity contribution is 7.02. The highest BCUT2D eigenvalue weighted by Crippen LogP contribution is 2.22. The third-order valence-corrected chi connectivity index (χ3v) is 5.87. The number of unbranched alkanes of at least 4 members (excludes halogenated alkanes) is 2. The summed E-state index contributed by atoms with van der Waals surface area (Å²) in [5, 5.41) is 0. The van der Waals surface area contributed by atoms with Gasteiger partial charge in [0.1, 0.15) is 0 Å². The maximum Gasteiger partial charge on any atom is 0.271 e. The molecule has 1 aliphatic rings. The largest absolute Gasteiger partial charge is 0.470 e. The Morgan fingerprint density at radius 2 is 1.88 bits per heavy atom. The topological polar surface area (TPSA) is 52.6 Å². The van der Waals surface area contributed by atoms with Crippen LogP contribution in [0.3, 0.4) is 0 Å². The number of carbonyl (C=O) groups excluding carboxylic acids is 2. The Kier molecular flexibility index (Phi) is 7.83. The lowest BCUT2D eigenvalue weighted by Crippen LogP contribution is -2.34. The summed E-state index contributed by atoms with van der Waals surface area (Å²) in [6.45, 7) is 12.9. The molecule has 0 saturated heterocycles. The van der Waals surface area contributed by atoms with Crippen molar-refractivity contribution in [3.05, 3.63) is 23.8 Å². The summed E-state index contributed by atoms with van der Waals surface area (Å²) in [6, 6.07) is 0. The van der Waals surface area contributed by atoms with Crippen molar-refractivity contribution in [2.24, 2.45) is 0 Å². The summed E-state index contributed by atoms with van der Waals surface area (Å²) in [4.78, 5) is 23.6. The zero-order chi connectivity index (χ0) is 18.4. The van der Waals surface area contributed by atoms with Crippen LogP contribution >= 0.6 is 0 Å². The van der Waals surface area contributed by atoms with E-state index in [1.165, 1.54) is 0 Å². The average molecular weight is 369 g/mol. The number of rotatable bonds is 9. The van der Waals surface area contributed by atoms with Gasteiger partial charge in [-0.3, -0.25) is 9.59 Å². The van der Waals surface area contributed by atoms with Gasteiger partial charge in [0.05, 0.1) is 12.7 Å². The summed E-state index contributed by atoms with van der Waals surface area (Å²) in [5.74, 6) is 0.165. The molecule has 0 bridgehead atoms. The maximum absolute atomic E-state index is 12.0. The maximum atomic E-state index is 12.0. The lowest BCUT2D eigenvalue weighted by molar-refractivity contribution is -0.115. The van der Waals surface area contributed by atoms with Crippen molar-refractivity contribution in [3.8, 4) is 0 Å². The van der Waals surface area contributed by atoms with E-state index in [9.17, 15) is 9.59 Å². The molecule has 24 heavy (non-hydrogen) atoms. The first-order valence-corrected chi connectivity index (χ1v) is 15.7. The lowest BCUT2D eigenvalue weighted by Gasteiger charge is -2.21. The molecule has 4 nitrogen and oxygen atoms in total. The van der Waals surface area contributed by atoms with Crippen LogP contribution < -0.4 is 0 Å². The minimum absolute atomic E-state index is 0.0202. The van der Waals surface area contributed by atoms with Crippen LogP contribution in [-0.2, 0) is 14.0 Å². The Hall–Kier alpha value is -0.986. The van der Waals surface area contributed by atoms with Crippen LogP contribution in [0.15, 0.2) is 23.8 Å². The van der Waals surface area contributed by atoms with Gasteiger partial charge in [0.2, 0.25) is 0 Å². The quantitative estimate of drug-likeness (QED) is 0.429. The third kappa shape index (κ3) is 8.21. The monoisotopic (exact) mass is 368 g/mol. The molecule has 1 aliphatic carbocycles. The first-order valence-electron chi connectivity index (χ1n) is 8.75. The van der Waals surface area contributed by atoms with Crippen molar-refractivity contribution in [1.82, 2.24) is 0 Å². The standard InChI is InChI=1S/C18H32O4Si2/c1-23(2,3)18(20)21-12-10-8-7-9-11-15-13-16(14-17(15)19)22-24(4,5)6/h9,11,13,16H,7-8,10,12,14H2,1-6H3. The molecular formula is C18H32O4Si2. The van der Waals surface area contributed by atoms with Crippen molar-refractivity contribution in [1.29, 1.82) is 0 Å². The molecule has 0 fully saturated rings. The number of ketones is 1. The molecule has 0 heterocycles. The van der Waals surface area contributed by atoms with Gasteiger partial charge in [-0.15, -0.1) is 0 Å². The van der Waals surface area contributed by atoms with Gasteiger partial charge in [0, 0.05) is 12.0 Å². The highest BCUT2D eigenvalue weighted by atomic mass is 28.4. The van der Waals surface area contributed by atoms with Gasteiger partial charge < -0.3 is 9.16 Å². The Morgan fingerprint density at radius 1 is 1.21 bits per heavy atom. The summed E-state index contributed by atoms with van der Waals surface area (Å²) in [7, 11) is -3.43. The SMILES string of the molecule is C[Si](C)(C)OC1C=C(C=CCCCCOC(=O)[Si](C)(C)C)C(=O)C1. The molecule has 0 N–H and O–H groups in total. The highest BCUT2D eigenvalue weighted by Gasteiger charge is 2.27. The van der Waals surface area contributed by atoms with E-state index in [4.69, 9.17) is 9.16 Å². The van der Waals surface area contributed by atoms with E-state index in [2.05, 4.69) is 19.6 Å². The van der Waals surface area contributed by atoms with Crippen molar-refractivity contribution in [3.63, 3.8) is 0 Å². The second-order valence-corrected chi connectivity index (χ2v) is 17.7. The fraction of sp³-hybridized carbons (Fsp3) is 0.667. The fourth-order valence-electron chi connectivity index (χ4n) is 2.29. The van der Waals surface area contributed by atoms with Crippen molar-refractivity contribution in [2.45, 2.75) is 71.1 Å². The van der Waals surface area contributed by atoms with Gasteiger partial charge >= 0.3 is 0 Å². The molecular weight excluding hydrogens is 336 g/mol. The zero-order valence-corrected chi connectivity index (χ0v) is 18.0. The van der Waals surface area contributed by atoms with Crippen LogP contribution in [0.1, 0.15) is 25.7 Å². The Bertz CT molecular complexity index is 510. The summed E-state index contributed by atoms with van der Waals surface area (Å²) in [6.07, 6.45) is 8.99. The molecule has 6 heteroatoms. The minimum Gasteiger partial charge on any atom is -0.470 e. The van der Waals surface area contributed by atoms with Crippen LogP contribution in [0.25, 0.3) is 0 Å². The molecule has 0 radical (unpaired) electrons. The third-order valence-electron chi connectivity index (χ3n) is 3.49. The number of Topliss-reactive ketones (excluding diaryl/α,β-unsaturated/α-hetero) is 1. The lowest BCUT2D eigenvalue weighted by atomic mass is 10.1. The number of hydrogen-bond acceptors (Lipinski definition) is 4. The smallest absolute Gasteiger partial charge is 0.271 e. The summed E-state index contributed by atoms with van der Waals surface area (Å²) < 4.78 is 11.3. The normalized spacial score (nSPS) is 19.0. The van der Waals surface area contributed by atoms with Crippen LogP contribution in [0, 0.1) is 0 Å². The molecule has 0 spiro atoms. The van der Waals surface area contributed by atoms with Gasteiger partial charge in [-0.2, -0.15) is 0 Å². The summed E-state index contributed by atoms with van der Waals surface area (Å²) in [5.41, 5.74) is 0.747. The van der Waals surface area contributed by atoms with Crippen LogP contribution in [0.4, 0.5) is 4.79 Å². The molecule has 136 valence electrons. The van der Waals surface area contributed by atoms with Gasteiger partial charge in [-0.1, -0.05) is 31.8 Å². The number of hydrogen-bond donors (Lipinski definition) is 0. The molecule has 0 saturated carbocycles. The zero-order valence-electron chi connectivity index (χ0n) is 16.0. The van der Waals surface area contributed by atoms with Crippen LogP contribution in [0.5, 0.6) is 0 Å². The molecule has 0 aromatic rings. The molecule has 0 aromatic carbocycles. The Balaban J connectivity index is 2.26. The first-order chi connectivity index (χ1) is 11.0. The van der Waals surface area contributed by atoms with Gasteiger partial charge in [-0.05, 0) is 45.0 Å². The number of ether oxygens (including phenoxy) is 1. The second-order valence-electron chi connectivity index (χ2n) is 8.30. The molecule has 0 aliphatic heterocycles. The molecule has 1 atom stereocenters. The van der Waals surface area contributed by atoms with Gasteiger partial charge in [0.15, 0.2) is 22.2 Å². The van der Waals surface area contributed by atoms with E-state index >= 15 is 0 Å². The number of carbonyl (C=O) groups is 2. The van der Waals surface area contributed by atoms with E-state index < -0.39 is 16.4 Å². The Morgan fingerprint density at radius 3 is 2.46 bits per heavy atom. The predicted molar refractivity (Wildman–Crippen MR) is 104 cm³/mol. The molecule has 1 rings (SSSR count). The van der Waals surface area contributed by atoms with Gasteiger partial charge in [-0.25, -0.2) is 0 Å². The van der Waals surface area contributed by atoms with E-state index in [1.807, 2.05) is 37.9 Å². The minimum atomic E-state index is -1.81. The number of allylic oxidation sites excluding steroid dienone is 3. The van der Waals surface area contributed by atoms with E-state index in [0.29, 0.717) is 13.0 Å². The van der Waals surface area contributed by atoms with E-state index in [1.54, 1.807) is 0 Å².